The smallest absolute Gasteiger partial charge is 0.191 e. The van der Waals surface area contributed by atoms with Gasteiger partial charge in [0.15, 0.2) is 5.96 Å². The van der Waals surface area contributed by atoms with E-state index in [-0.39, 0.29) is 5.82 Å². The minimum Gasteiger partial charge on any atom is -0.379 e. The second-order valence-electron chi connectivity index (χ2n) is 6.51. The maximum Gasteiger partial charge on any atom is 0.191 e. The first-order valence-corrected chi connectivity index (χ1v) is 9.42. The van der Waals surface area contributed by atoms with Crippen LogP contribution in [-0.2, 0) is 11.3 Å². The van der Waals surface area contributed by atoms with Gasteiger partial charge in [-0.3, -0.25) is 9.89 Å². The maximum atomic E-state index is 13.0. The number of benzene rings is 1. The lowest BCUT2D eigenvalue weighted by atomic mass is 10.2. The monoisotopic (exact) mass is 365 g/mol. The molecule has 1 aromatic rings. The molecule has 0 saturated carbocycles. The summed E-state index contributed by atoms with van der Waals surface area (Å²) in [5, 5.41) is 6.66. The predicted molar refractivity (Wildman–Crippen MR) is 104 cm³/mol. The van der Waals surface area contributed by atoms with E-state index in [1.54, 1.807) is 0 Å². The molecule has 0 aliphatic carbocycles. The van der Waals surface area contributed by atoms with Crippen LogP contribution in [0.4, 0.5) is 4.39 Å². The Balaban J connectivity index is 1.67. The van der Waals surface area contributed by atoms with Crippen molar-refractivity contribution >= 4 is 5.96 Å². The number of likely N-dealkylation sites (N-methyl/N-ethyl adjacent to an activating group) is 1. The van der Waals surface area contributed by atoms with E-state index in [1.807, 2.05) is 12.1 Å². The molecule has 1 heterocycles. The number of nitrogens with zero attached hydrogens (tertiary/aromatic N) is 3. The highest BCUT2D eigenvalue weighted by Crippen LogP contribution is 2.05. The fraction of sp³-hybridized carbons (Fsp3) is 0.632. The van der Waals surface area contributed by atoms with E-state index in [0.29, 0.717) is 0 Å². The largest absolute Gasteiger partial charge is 0.379 e. The highest BCUT2D eigenvalue weighted by molar-refractivity contribution is 5.79. The van der Waals surface area contributed by atoms with E-state index in [4.69, 9.17) is 4.74 Å². The summed E-state index contributed by atoms with van der Waals surface area (Å²) in [4.78, 5) is 9.24. The van der Waals surface area contributed by atoms with Crippen molar-refractivity contribution in [3.63, 3.8) is 0 Å². The highest BCUT2D eigenvalue weighted by atomic mass is 19.1. The zero-order chi connectivity index (χ0) is 18.6. The van der Waals surface area contributed by atoms with Crippen LogP contribution in [0.15, 0.2) is 29.3 Å². The van der Waals surface area contributed by atoms with Crippen molar-refractivity contribution in [2.75, 3.05) is 66.1 Å². The van der Waals surface area contributed by atoms with E-state index < -0.39 is 0 Å². The molecule has 0 spiro atoms. The molecule has 0 unspecified atom stereocenters. The summed E-state index contributed by atoms with van der Waals surface area (Å²) in [5.41, 5.74) is 1.11. The van der Waals surface area contributed by atoms with Crippen molar-refractivity contribution in [1.82, 2.24) is 20.4 Å². The van der Waals surface area contributed by atoms with Crippen molar-refractivity contribution in [3.05, 3.63) is 35.6 Å². The third-order valence-corrected chi connectivity index (χ3v) is 4.29. The average Bonchev–Trinajstić information content (AvgIpc) is 2.64. The molecule has 0 aromatic heterocycles. The van der Waals surface area contributed by atoms with E-state index in [2.05, 4.69) is 39.4 Å². The van der Waals surface area contributed by atoms with Gasteiger partial charge in [0.2, 0.25) is 0 Å². The lowest BCUT2D eigenvalue weighted by Gasteiger charge is -2.25. The zero-order valence-corrected chi connectivity index (χ0v) is 16.0. The van der Waals surface area contributed by atoms with Crippen molar-refractivity contribution in [1.29, 1.82) is 0 Å². The van der Waals surface area contributed by atoms with E-state index in [0.717, 1.165) is 77.1 Å². The van der Waals surface area contributed by atoms with Gasteiger partial charge < -0.3 is 20.3 Å². The molecule has 7 heteroatoms. The summed E-state index contributed by atoms with van der Waals surface area (Å²) in [6.07, 6.45) is 0. The maximum absolute atomic E-state index is 13.0. The van der Waals surface area contributed by atoms with Crippen molar-refractivity contribution in [3.8, 4) is 0 Å². The number of hydrogen-bond donors (Lipinski definition) is 2. The average molecular weight is 365 g/mol. The Hall–Kier alpha value is -1.70. The van der Waals surface area contributed by atoms with Crippen LogP contribution >= 0.6 is 0 Å². The SMILES string of the molecule is CCNC(=NCCN1CCOCC1)NCCN(C)Cc1ccc(F)cc1. The summed E-state index contributed by atoms with van der Waals surface area (Å²) in [6, 6.07) is 6.67. The molecule has 1 saturated heterocycles. The van der Waals surface area contributed by atoms with Crippen LogP contribution in [0.2, 0.25) is 0 Å². The van der Waals surface area contributed by atoms with Gasteiger partial charge in [-0.1, -0.05) is 12.1 Å². The summed E-state index contributed by atoms with van der Waals surface area (Å²) >= 11 is 0. The number of morpholine rings is 1. The number of guanidine groups is 1. The fourth-order valence-corrected chi connectivity index (χ4v) is 2.82. The zero-order valence-electron chi connectivity index (χ0n) is 16.0. The van der Waals surface area contributed by atoms with Crippen molar-refractivity contribution < 1.29 is 9.13 Å². The first-order chi connectivity index (χ1) is 12.7. The molecule has 1 aliphatic rings. The van der Waals surface area contributed by atoms with Gasteiger partial charge in [-0.25, -0.2) is 4.39 Å². The Bertz CT molecular complexity index is 531. The quantitative estimate of drug-likeness (QED) is 0.508. The molecule has 146 valence electrons. The summed E-state index contributed by atoms with van der Waals surface area (Å²) < 4.78 is 18.3. The van der Waals surface area contributed by atoms with Crippen LogP contribution < -0.4 is 10.6 Å². The van der Waals surface area contributed by atoms with E-state index >= 15 is 0 Å². The predicted octanol–water partition coefficient (Wildman–Crippen LogP) is 1.14. The first-order valence-electron chi connectivity index (χ1n) is 9.42. The standard InChI is InChI=1S/C19H32FN5O/c1-3-21-19(23-9-11-25-12-14-26-15-13-25)22-8-10-24(2)16-17-4-6-18(20)7-5-17/h4-7H,3,8-16H2,1-2H3,(H2,21,22,23). The fourth-order valence-electron chi connectivity index (χ4n) is 2.82. The van der Waals surface area contributed by atoms with Crippen LogP contribution in [0.5, 0.6) is 0 Å². The Kier molecular flexibility index (Phi) is 9.38. The molecule has 1 fully saturated rings. The van der Waals surface area contributed by atoms with Crippen molar-refractivity contribution in [2.45, 2.75) is 13.5 Å². The van der Waals surface area contributed by atoms with Gasteiger partial charge >= 0.3 is 0 Å². The van der Waals surface area contributed by atoms with Crippen LogP contribution in [0.1, 0.15) is 12.5 Å². The summed E-state index contributed by atoms with van der Waals surface area (Å²) in [7, 11) is 2.06. The second-order valence-corrected chi connectivity index (χ2v) is 6.51. The van der Waals surface area contributed by atoms with Crippen LogP contribution in [0.3, 0.4) is 0 Å². The number of ether oxygens (including phenoxy) is 1. The molecule has 1 aromatic carbocycles. The normalized spacial score (nSPS) is 16.1. The third kappa shape index (κ3) is 8.12. The van der Waals surface area contributed by atoms with Gasteiger partial charge in [-0.05, 0) is 31.7 Å². The number of aliphatic imine (C=N–C) groups is 1. The number of nitrogens with one attached hydrogen (secondary N) is 2. The Labute approximate surface area is 156 Å². The van der Waals surface area contributed by atoms with Crippen LogP contribution in [-0.4, -0.2) is 81.8 Å². The molecular formula is C19H32FN5O. The minimum absolute atomic E-state index is 0.193. The van der Waals surface area contributed by atoms with Gasteiger partial charge in [0.25, 0.3) is 0 Å². The molecule has 0 amide bonds. The molecule has 0 atom stereocenters. The van der Waals surface area contributed by atoms with E-state index in [1.165, 1.54) is 12.1 Å². The van der Waals surface area contributed by atoms with Gasteiger partial charge in [0.05, 0.1) is 19.8 Å². The highest BCUT2D eigenvalue weighted by Gasteiger charge is 2.09. The molecule has 2 rings (SSSR count). The summed E-state index contributed by atoms with van der Waals surface area (Å²) in [6.45, 7) is 10.8. The third-order valence-electron chi connectivity index (χ3n) is 4.29. The minimum atomic E-state index is -0.193. The molecule has 2 N–H and O–H groups in total. The first kappa shape index (κ1) is 20.6. The Morgan fingerprint density at radius 1 is 1.23 bits per heavy atom. The lowest BCUT2D eigenvalue weighted by Crippen LogP contribution is -2.42. The van der Waals surface area contributed by atoms with Gasteiger partial charge in [-0.2, -0.15) is 0 Å². The van der Waals surface area contributed by atoms with Crippen LogP contribution in [0.25, 0.3) is 0 Å². The molecule has 6 nitrogen and oxygen atoms in total. The molecule has 26 heavy (non-hydrogen) atoms. The topological polar surface area (TPSA) is 52.1 Å². The number of rotatable bonds is 9. The number of halogens is 1. The van der Waals surface area contributed by atoms with E-state index in [9.17, 15) is 4.39 Å². The lowest BCUT2D eigenvalue weighted by molar-refractivity contribution is 0.0394. The number of hydrogen-bond acceptors (Lipinski definition) is 4. The van der Waals surface area contributed by atoms with Gasteiger partial charge in [-0.15, -0.1) is 0 Å². The Morgan fingerprint density at radius 3 is 2.65 bits per heavy atom. The van der Waals surface area contributed by atoms with Gasteiger partial charge in [0.1, 0.15) is 5.82 Å². The molecule has 1 aliphatic heterocycles. The second kappa shape index (κ2) is 11.8. The molecule has 0 bridgehead atoms. The van der Waals surface area contributed by atoms with Crippen molar-refractivity contribution in [2.24, 2.45) is 4.99 Å². The van der Waals surface area contributed by atoms with Gasteiger partial charge in [0, 0.05) is 45.8 Å². The molecule has 0 radical (unpaired) electrons. The summed E-state index contributed by atoms with van der Waals surface area (Å²) in [5.74, 6) is 0.664. The van der Waals surface area contributed by atoms with Crippen LogP contribution in [0, 0.1) is 5.82 Å². The Morgan fingerprint density at radius 2 is 1.96 bits per heavy atom. The molecular weight excluding hydrogens is 333 g/mol.